The molecule has 0 spiro atoms. The van der Waals surface area contributed by atoms with Crippen LogP contribution in [-0.2, 0) is 0 Å². The van der Waals surface area contributed by atoms with Crippen LogP contribution in [-0.4, -0.2) is 38.1 Å². The summed E-state index contributed by atoms with van der Waals surface area (Å²) in [5.41, 5.74) is 0.646. The minimum Gasteiger partial charge on any atom is -0.490 e. The van der Waals surface area contributed by atoms with E-state index in [-0.39, 0.29) is 5.91 Å². The Morgan fingerprint density at radius 3 is 1.90 bits per heavy atom. The van der Waals surface area contributed by atoms with Crippen LogP contribution >= 0.6 is 0 Å². The first-order valence-electron chi connectivity index (χ1n) is 6.79. The molecule has 110 valence electrons. The highest BCUT2D eigenvalue weighted by Gasteiger charge is 2.07. The normalized spacial score (nSPS) is 10.0. The van der Waals surface area contributed by atoms with Crippen LogP contribution in [0.5, 0.6) is 11.5 Å². The number of ether oxygens (including phenoxy) is 2. The van der Waals surface area contributed by atoms with E-state index in [0.29, 0.717) is 18.8 Å². The third kappa shape index (κ3) is 4.53. The van der Waals surface area contributed by atoms with Gasteiger partial charge in [-0.05, 0) is 36.4 Å². The van der Waals surface area contributed by atoms with Crippen LogP contribution < -0.4 is 9.47 Å². The predicted molar refractivity (Wildman–Crippen MR) is 81.9 cm³/mol. The van der Waals surface area contributed by atoms with Crippen LogP contribution in [0.15, 0.2) is 54.6 Å². The van der Waals surface area contributed by atoms with Crippen molar-refractivity contribution in [2.24, 2.45) is 0 Å². The van der Waals surface area contributed by atoms with E-state index in [1.54, 1.807) is 43.3 Å². The van der Waals surface area contributed by atoms with Crippen molar-refractivity contribution in [3.05, 3.63) is 60.2 Å². The van der Waals surface area contributed by atoms with E-state index >= 15 is 0 Å². The molecular formula is C17H19NO3. The molecule has 0 saturated carbocycles. The number of benzene rings is 2. The Bertz CT molecular complexity index is 564. The summed E-state index contributed by atoms with van der Waals surface area (Å²) in [7, 11) is 3.46. The maximum absolute atomic E-state index is 11.7. The number of carbonyl (C=O) groups is 1. The van der Waals surface area contributed by atoms with Gasteiger partial charge in [0.05, 0.1) is 0 Å². The Morgan fingerprint density at radius 1 is 0.857 bits per heavy atom. The van der Waals surface area contributed by atoms with E-state index < -0.39 is 0 Å². The molecule has 0 fully saturated rings. The van der Waals surface area contributed by atoms with Crippen molar-refractivity contribution in [2.45, 2.75) is 0 Å². The summed E-state index contributed by atoms with van der Waals surface area (Å²) < 4.78 is 11.1. The molecule has 4 nitrogen and oxygen atoms in total. The summed E-state index contributed by atoms with van der Waals surface area (Å²) in [6.07, 6.45) is 0. The topological polar surface area (TPSA) is 38.8 Å². The third-order valence-corrected chi connectivity index (χ3v) is 2.87. The van der Waals surface area contributed by atoms with Gasteiger partial charge >= 0.3 is 0 Å². The fraction of sp³-hybridized carbons (Fsp3) is 0.235. The zero-order chi connectivity index (χ0) is 15.1. The maximum atomic E-state index is 11.7. The summed E-state index contributed by atoms with van der Waals surface area (Å²) in [4.78, 5) is 13.3. The average molecular weight is 285 g/mol. The predicted octanol–water partition coefficient (Wildman–Crippen LogP) is 2.85. The molecule has 0 unspecified atom stereocenters. The lowest BCUT2D eigenvalue weighted by Crippen LogP contribution is -2.21. The molecule has 1 amide bonds. The first-order valence-corrected chi connectivity index (χ1v) is 6.79. The highest BCUT2D eigenvalue weighted by Crippen LogP contribution is 2.13. The van der Waals surface area contributed by atoms with Crippen molar-refractivity contribution in [2.75, 3.05) is 27.3 Å². The summed E-state index contributed by atoms with van der Waals surface area (Å²) in [6, 6.07) is 16.7. The zero-order valence-electron chi connectivity index (χ0n) is 12.3. The highest BCUT2D eigenvalue weighted by atomic mass is 16.5. The Kier molecular flexibility index (Phi) is 5.21. The van der Waals surface area contributed by atoms with Crippen LogP contribution in [0, 0.1) is 0 Å². The van der Waals surface area contributed by atoms with E-state index in [4.69, 9.17) is 9.47 Å². The Hall–Kier alpha value is -2.49. The van der Waals surface area contributed by atoms with E-state index in [2.05, 4.69) is 0 Å². The van der Waals surface area contributed by atoms with E-state index in [9.17, 15) is 4.79 Å². The second-order valence-electron chi connectivity index (χ2n) is 4.73. The van der Waals surface area contributed by atoms with Gasteiger partial charge in [-0.3, -0.25) is 4.79 Å². The summed E-state index contributed by atoms with van der Waals surface area (Å²) in [5.74, 6) is 1.53. The Labute approximate surface area is 124 Å². The van der Waals surface area contributed by atoms with Crippen LogP contribution in [0.3, 0.4) is 0 Å². The number of carbonyl (C=O) groups excluding carboxylic acids is 1. The van der Waals surface area contributed by atoms with Crippen molar-refractivity contribution in [3.8, 4) is 11.5 Å². The van der Waals surface area contributed by atoms with E-state index in [0.717, 1.165) is 11.5 Å². The zero-order valence-corrected chi connectivity index (χ0v) is 12.3. The van der Waals surface area contributed by atoms with Crippen molar-refractivity contribution in [1.82, 2.24) is 4.90 Å². The van der Waals surface area contributed by atoms with Crippen LogP contribution in [0.25, 0.3) is 0 Å². The largest absolute Gasteiger partial charge is 0.490 e. The molecule has 0 aliphatic rings. The van der Waals surface area contributed by atoms with Crippen LogP contribution in [0.4, 0.5) is 0 Å². The SMILES string of the molecule is CN(C)C(=O)c1ccc(OCCOc2ccccc2)cc1. The van der Waals surface area contributed by atoms with Gasteiger partial charge in [-0.2, -0.15) is 0 Å². The number of amides is 1. The minimum absolute atomic E-state index is 0.0195. The summed E-state index contributed by atoms with van der Waals surface area (Å²) in [5, 5.41) is 0. The van der Waals surface area contributed by atoms with Gasteiger partial charge in [0, 0.05) is 19.7 Å². The van der Waals surface area contributed by atoms with Gasteiger partial charge in [0.25, 0.3) is 5.91 Å². The van der Waals surface area contributed by atoms with Gasteiger partial charge in [-0.15, -0.1) is 0 Å². The first-order chi connectivity index (χ1) is 10.2. The molecule has 0 aromatic heterocycles. The molecule has 2 aromatic carbocycles. The molecular weight excluding hydrogens is 266 g/mol. The monoisotopic (exact) mass is 285 g/mol. The lowest BCUT2D eigenvalue weighted by Gasteiger charge is -2.11. The Morgan fingerprint density at radius 2 is 1.38 bits per heavy atom. The molecule has 0 N–H and O–H groups in total. The molecule has 0 atom stereocenters. The van der Waals surface area contributed by atoms with Crippen molar-refractivity contribution >= 4 is 5.91 Å². The molecule has 0 radical (unpaired) electrons. The van der Waals surface area contributed by atoms with Gasteiger partial charge in [0.1, 0.15) is 24.7 Å². The second-order valence-corrected chi connectivity index (χ2v) is 4.73. The molecule has 0 bridgehead atoms. The summed E-state index contributed by atoms with van der Waals surface area (Å²) >= 11 is 0. The van der Waals surface area contributed by atoms with Crippen LogP contribution in [0.2, 0.25) is 0 Å². The number of rotatable bonds is 6. The maximum Gasteiger partial charge on any atom is 0.253 e. The number of nitrogens with zero attached hydrogens (tertiary/aromatic N) is 1. The molecule has 4 heteroatoms. The van der Waals surface area contributed by atoms with Crippen molar-refractivity contribution in [3.63, 3.8) is 0 Å². The smallest absolute Gasteiger partial charge is 0.253 e. The average Bonchev–Trinajstić information content (AvgIpc) is 2.52. The lowest BCUT2D eigenvalue weighted by atomic mass is 10.2. The molecule has 2 rings (SSSR count). The number of para-hydroxylation sites is 1. The highest BCUT2D eigenvalue weighted by molar-refractivity contribution is 5.93. The van der Waals surface area contributed by atoms with E-state index in [1.165, 1.54) is 0 Å². The van der Waals surface area contributed by atoms with Crippen molar-refractivity contribution < 1.29 is 14.3 Å². The molecule has 2 aromatic rings. The minimum atomic E-state index is -0.0195. The van der Waals surface area contributed by atoms with Gasteiger partial charge in [0.15, 0.2) is 0 Å². The fourth-order valence-electron chi connectivity index (χ4n) is 1.79. The number of hydrogen-bond acceptors (Lipinski definition) is 3. The lowest BCUT2D eigenvalue weighted by molar-refractivity contribution is 0.0827. The first kappa shape index (κ1) is 14.9. The van der Waals surface area contributed by atoms with Gasteiger partial charge < -0.3 is 14.4 Å². The molecule has 0 saturated heterocycles. The van der Waals surface area contributed by atoms with Gasteiger partial charge in [-0.25, -0.2) is 0 Å². The quantitative estimate of drug-likeness (QED) is 0.766. The number of hydrogen-bond donors (Lipinski definition) is 0. The fourth-order valence-corrected chi connectivity index (χ4v) is 1.79. The molecule has 0 aliphatic heterocycles. The van der Waals surface area contributed by atoms with Gasteiger partial charge in [0.2, 0.25) is 0 Å². The summed E-state index contributed by atoms with van der Waals surface area (Å²) in [6.45, 7) is 0.929. The third-order valence-electron chi connectivity index (χ3n) is 2.87. The van der Waals surface area contributed by atoms with Crippen molar-refractivity contribution in [1.29, 1.82) is 0 Å². The molecule has 21 heavy (non-hydrogen) atoms. The second kappa shape index (κ2) is 7.33. The van der Waals surface area contributed by atoms with Gasteiger partial charge in [-0.1, -0.05) is 18.2 Å². The Balaban J connectivity index is 1.77. The standard InChI is InChI=1S/C17H19NO3/c1-18(2)17(19)14-8-10-16(11-9-14)21-13-12-20-15-6-4-3-5-7-15/h3-11H,12-13H2,1-2H3. The molecule has 0 aliphatic carbocycles. The van der Waals surface area contributed by atoms with Crippen LogP contribution in [0.1, 0.15) is 10.4 Å². The molecule has 0 heterocycles. The van der Waals surface area contributed by atoms with E-state index in [1.807, 2.05) is 30.3 Å².